The average molecular weight is 493 g/mol. The molecule has 5 rings (SSSR count). The molecule has 2 atom stereocenters. The highest BCUT2D eigenvalue weighted by atomic mass is 35.5. The Morgan fingerprint density at radius 1 is 1.23 bits per heavy atom. The lowest BCUT2D eigenvalue weighted by Crippen LogP contribution is -2.24. The second kappa shape index (κ2) is 9.20. The van der Waals surface area contributed by atoms with Crippen LogP contribution >= 0.6 is 11.6 Å². The first kappa shape index (κ1) is 23.1. The first-order valence-corrected chi connectivity index (χ1v) is 11.8. The maximum atomic E-state index is 13.8. The van der Waals surface area contributed by atoms with Crippen LogP contribution in [0.15, 0.2) is 59.9 Å². The number of phenolic OH excluding ortho intramolecular Hbond substituents is 1. The molecule has 0 aliphatic heterocycles. The van der Waals surface area contributed by atoms with Crippen LogP contribution in [0.5, 0.6) is 5.75 Å². The molecule has 0 saturated heterocycles. The van der Waals surface area contributed by atoms with Gasteiger partial charge < -0.3 is 21.9 Å². The van der Waals surface area contributed by atoms with Crippen LogP contribution in [0.3, 0.4) is 0 Å². The van der Waals surface area contributed by atoms with Crippen LogP contribution in [-0.2, 0) is 0 Å². The molecule has 6 N–H and O–H groups in total. The third-order valence-electron chi connectivity index (χ3n) is 6.42. The van der Waals surface area contributed by atoms with Crippen molar-refractivity contribution in [1.29, 1.82) is 0 Å². The fourth-order valence-corrected chi connectivity index (χ4v) is 4.74. The minimum Gasteiger partial charge on any atom is -0.508 e. The van der Waals surface area contributed by atoms with E-state index in [-0.39, 0.29) is 29.4 Å². The van der Waals surface area contributed by atoms with E-state index in [9.17, 15) is 9.50 Å². The zero-order valence-electron chi connectivity index (χ0n) is 19.2. The third-order valence-corrected chi connectivity index (χ3v) is 6.74. The standard InChI is InChI=1S/C26H26ClFN6O/c1-14-2-6-19(35)11-20(14)15-8-24-25(32-18-5-4-17(29)10-18)21(12-31-34(24)13-15)26(30)33-23-9-16(28)3-7-22(23)27/h2-3,6-9,11-13,17-18,32,35H,4-5,10,29H2,1H3,(H2,30,33). The number of hydrogen-bond acceptors (Lipinski definition) is 5. The molecule has 1 fully saturated rings. The van der Waals surface area contributed by atoms with E-state index in [2.05, 4.69) is 15.4 Å². The van der Waals surface area contributed by atoms with Crippen LogP contribution in [-0.4, -0.2) is 32.6 Å². The lowest BCUT2D eigenvalue weighted by Gasteiger charge is -2.18. The van der Waals surface area contributed by atoms with E-state index in [4.69, 9.17) is 23.1 Å². The van der Waals surface area contributed by atoms with Crippen molar-refractivity contribution in [2.75, 3.05) is 5.32 Å². The molecular formula is C26H26ClFN6O. The number of benzene rings is 2. The Labute approximate surface area is 207 Å². The van der Waals surface area contributed by atoms with Crippen molar-refractivity contribution < 1.29 is 9.50 Å². The molecule has 0 spiro atoms. The van der Waals surface area contributed by atoms with E-state index in [0.29, 0.717) is 10.6 Å². The van der Waals surface area contributed by atoms with Gasteiger partial charge in [0.05, 0.1) is 33.7 Å². The Balaban J connectivity index is 1.65. The highest BCUT2D eigenvalue weighted by Gasteiger charge is 2.24. The van der Waals surface area contributed by atoms with Crippen LogP contribution in [0.25, 0.3) is 16.6 Å². The van der Waals surface area contributed by atoms with Crippen molar-refractivity contribution in [1.82, 2.24) is 9.61 Å². The highest BCUT2D eigenvalue weighted by molar-refractivity contribution is 6.33. The first-order valence-electron chi connectivity index (χ1n) is 11.4. The summed E-state index contributed by atoms with van der Waals surface area (Å²) in [7, 11) is 0. The Morgan fingerprint density at radius 2 is 2.06 bits per heavy atom. The topological polar surface area (TPSA) is 114 Å². The van der Waals surface area contributed by atoms with Gasteiger partial charge >= 0.3 is 0 Å². The van der Waals surface area contributed by atoms with Gasteiger partial charge in [-0.25, -0.2) is 13.9 Å². The summed E-state index contributed by atoms with van der Waals surface area (Å²) < 4.78 is 15.6. The second-order valence-electron chi connectivity index (χ2n) is 9.00. The summed E-state index contributed by atoms with van der Waals surface area (Å²) in [5.74, 6) is -0.102. The molecule has 2 unspecified atom stereocenters. The van der Waals surface area contributed by atoms with E-state index >= 15 is 0 Å². The van der Waals surface area contributed by atoms with Crippen molar-refractivity contribution in [3.05, 3.63) is 76.8 Å². The normalized spacial score (nSPS) is 18.3. The van der Waals surface area contributed by atoms with Crippen molar-refractivity contribution in [3.8, 4) is 16.9 Å². The number of halogens is 2. The number of nitrogens with two attached hydrogens (primary N) is 2. The Kier molecular flexibility index (Phi) is 6.08. The van der Waals surface area contributed by atoms with Crippen molar-refractivity contribution in [2.24, 2.45) is 16.5 Å². The van der Waals surface area contributed by atoms with Gasteiger partial charge in [-0.3, -0.25) is 0 Å². The molecule has 1 aliphatic rings. The number of aromatic nitrogens is 2. The Bertz CT molecular complexity index is 1450. The predicted octanol–water partition coefficient (Wildman–Crippen LogP) is 5.14. The molecule has 7 nitrogen and oxygen atoms in total. The molecule has 0 radical (unpaired) electrons. The smallest absolute Gasteiger partial charge is 0.135 e. The number of phenols is 1. The van der Waals surface area contributed by atoms with E-state index in [0.717, 1.165) is 47.2 Å². The number of aliphatic imine (C=N–C) groups is 1. The zero-order valence-corrected chi connectivity index (χ0v) is 19.9. The summed E-state index contributed by atoms with van der Waals surface area (Å²) in [5.41, 5.74) is 17.8. The Hall–Kier alpha value is -3.62. The van der Waals surface area contributed by atoms with E-state index in [1.807, 2.05) is 25.3 Å². The molecule has 180 valence electrons. The van der Waals surface area contributed by atoms with Crippen LogP contribution in [0.1, 0.15) is 30.4 Å². The highest BCUT2D eigenvalue weighted by Crippen LogP contribution is 2.34. The summed E-state index contributed by atoms with van der Waals surface area (Å²) in [6, 6.07) is 11.5. The van der Waals surface area contributed by atoms with Gasteiger partial charge in [0.2, 0.25) is 0 Å². The van der Waals surface area contributed by atoms with Crippen LogP contribution < -0.4 is 16.8 Å². The minimum atomic E-state index is -0.453. The Morgan fingerprint density at radius 3 is 2.83 bits per heavy atom. The fourth-order valence-electron chi connectivity index (χ4n) is 4.58. The van der Waals surface area contributed by atoms with Gasteiger partial charge in [0.25, 0.3) is 0 Å². The average Bonchev–Trinajstić information content (AvgIpc) is 3.44. The maximum absolute atomic E-state index is 13.8. The van der Waals surface area contributed by atoms with Crippen molar-refractivity contribution >= 4 is 34.3 Å². The molecular weight excluding hydrogens is 467 g/mol. The number of aryl methyl sites for hydroxylation is 1. The van der Waals surface area contributed by atoms with Crippen LogP contribution in [0.2, 0.25) is 5.02 Å². The summed E-state index contributed by atoms with van der Waals surface area (Å²) in [4.78, 5) is 4.41. The quantitative estimate of drug-likeness (QED) is 0.227. The van der Waals surface area contributed by atoms with Gasteiger partial charge in [0.15, 0.2) is 0 Å². The first-order chi connectivity index (χ1) is 16.8. The molecule has 9 heteroatoms. The SMILES string of the molecule is Cc1ccc(O)cc1-c1cc2c(NC3CCC(N)C3)c(C(N)=Nc3cc(F)ccc3Cl)cnn2c1. The zero-order chi connectivity index (χ0) is 24.7. The van der Waals surface area contributed by atoms with Gasteiger partial charge in [0, 0.05) is 29.9 Å². The van der Waals surface area contributed by atoms with Gasteiger partial charge in [-0.15, -0.1) is 0 Å². The molecule has 2 heterocycles. The minimum absolute atomic E-state index is 0.142. The lowest BCUT2D eigenvalue weighted by atomic mass is 10.0. The third kappa shape index (κ3) is 4.67. The van der Waals surface area contributed by atoms with Crippen LogP contribution in [0, 0.1) is 12.7 Å². The van der Waals surface area contributed by atoms with Crippen molar-refractivity contribution in [3.63, 3.8) is 0 Å². The molecule has 1 saturated carbocycles. The summed E-state index contributed by atoms with van der Waals surface area (Å²) in [6.45, 7) is 1.99. The summed E-state index contributed by atoms with van der Waals surface area (Å²) in [5, 5.41) is 18.5. The number of amidine groups is 1. The molecule has 0 amide bonds. The van der Waals surface area contributed by atoms with Gasteiger partial charge in [-0.05, 0) is 67.6 Å². The number of anilines is 1. The van der Waals surface area contributed by atoms with E-state index < -0.39 is 5.82 Å². The number of fused-ring (bicyclic) bond motifs is 1. The second-order valence-corrected chi connectivity index (χ2v) is 9.41. The van der Waals surface area contributed by atoms with Gasteiger partial charge in [-0.2, -0.15) is 5.10 Å². The maximum Gasteiger partial charge on any atom is 0.135 e. The molecule has 35 heavy (non-hydrogen) atoms. The molecule has 2 aromatic heterocycles. The fraction of sp³-hybridized carbons (Fsp3) is 0.231. The van der Waals surface area contributed by atoms with E-state index in [1.54, 1.807) is 22.8 Å². The number of aromatic hydroxyl groups is 1. The largest absolute Gasteiger partial charge is 0.508 e. The van der Waals surface area contributed by atoms with Crippen molar-refractivity contribution in [2.45, 2.75) is 38.3 Å². The van der Waals surface area contributed by atoms with E-state index in [1.165, 1.54) is 18.2 Å². The number of rotatable bonds is 5. The van der Waals surface area contributed by atoms with Gasteiger partial charge in [0.1, 0.15) is 17.4 Å². The summed E-state index contributed by atoms with van der Waals surface area (Å²) >= 11 is 6.22. The number of nitrogens with zero attached hydrogens (tertiary/aromatic N) is 3. The van der Waals surface area contributed by atoms with Gasteiger partial charge in [-0.1, -0.05) is 17.7 Å². The molecule has 2 aromatic carbocycles. The molecule has 4 aromatic rings. The number of hydrogen-bond donors (Lipinski definition) is 4. The predicted molar refractivity (Wildman–Crippen MR) is 138 cm³/mol. The monoisotopic (exact) mass is 492 g/mol. The number of nitrogens with one attached hydrogen (secondary N) is 1. The molecule has 1 aliphatic carbocycles. The lowest BCUT2D eigenvalue weighted by molar-refractivity contribution is 0.475. The van der Waals surface area contributed by atoms with Crippen LogP contribution in [0.4, 0.5) is 15.8 Å². The molecule has 0 bridgehead atoms. The summed E-state index contributed by atoms with van der Waals surface area (Å²) in [6.07, 6.45) is 6.24.